The van der Waals surface area contributed by atoms with E-state index >= 15 is 0 Å². The monoisotopic (exact) mass is 281 g/mol. The number of aromatic nitrogens is 1. The molecule has 0 aliphatic carbocycles. The number of nitrogens with zero attached hydrogens (tertiary/aromatic N) is 2. The summed E-state index contributed by atoms with van der Waals surface area (Å²) in [6.07, 6.45) is 2.44. The Hall–Kier alpha value is -0.940. The van der Waals surface area contributed by atoms with E-state index in [0.29, 0.717) is 18.5 Å². The molecule has 4 nitrogen and oxygen atoms in total. The van der Waals surface area contributed by atoms with Gasteiger partial charge in [0.2, 0.25) is 5.91 Å². The average Bonchev–Trinajstić information content (AvgIpc) is 2.73. The lowest BCUT2D eigenvalue weighted by Gasteiger charge is -2.36. The highest BCUT2D eigenvalue weighted by molar-refractivity contribution is 7.09. The van der Waals surface area contributed by atoms with Crippen LogP contribution in [0.2, 0.25) is 0 Å². The number of carbonyl (C=O) groups excluding carboxylic acids is 1. The summed E-state index contributed by atoms with van der Waals surface area (Å²) < 4.78 is 0. The average molecular weight is 281 g/mol. The number of carbonyl (C=O) groups is 1. The minimum Gasteiger partial charge on any atom is -0.340 e. The molecule has 1 aliphatic heterocycles. The molecule has 1 aromatic rings. The minimum absolute atomic E-state index is 0.284. The molecule has 0 unspecified atom stereocenters. The van der Waals surface area contributed by atoms with Gasteiger partial charge in [-0.1, -0.05) is 0 Å². The first-order chi connectivity index (χ1) is 9.04. The van der Waals surface area contributed by atoms with E-state index in [2.05, 4.69) is 29.5 Å². The third-order valence-electron chi connectivity index (χ3n) is 3.40. The van der Waals surface area contributed by atoms with E-state index in [-0.39, 0.29) is 5.91 Å². The number of rotatable bonds is 4. The third kappa shape index (κ3) is 4.28. The van der Waals surface area contributed by atoms with Gasteiger partial charge in [-0.05, 0) is 33.6 Å². The number of piperazine rings is 1. The molecule has 1 fully saturated rings. The van der Waals surface area contributed by atoms with Crippen molar-refractivity contribution in [1.82, 2.24) is 15.2 Å². The minimum atomic E-state index is 0.284. The molecule has 2 rings (SSSR count). The van der Waals surface area contributed by atoms with Crippen LogP contribution in [0.4, 0.5) is 0 Å². The molecule has 1 aromatic heterocycles. The van der Waals surface area contributed by atoms with Crippen molar-refractivity contribution in [3.8, 4) is 0 Å². The summed E-state index contributed by atoms with van der Waals surface area (Å²) in [5.74, 6) is 0.284. The molecule has 0 saturated carbocycles. The van der Waals surface area contributed by atoms with Gasteiger partial charge < -0.3 is 10.2 Å². The third-order valence-corrected chi connectivity index (χ3v) is 4.22. The molecule has 1 N–H and O–H groups in total. The Morgan fingerprint density at radius 2 is 2.16 bits per heavy atom. The number of amides is 1. The Morgan fingerprint density at radius 3 is 2.74 bits per heavy atom. The largest absolute Gasteiger partial charge is 0.340 e. The molecule has 2 atom stereocenters. The van der Waals surface area contributed by atoms with E-state index in [4.69, 9.17) is 0 Å². The van der Waals surface area contributed by atoms with Crippen molar-refractivity contribution < 1.29 is 4.79 Å². The molecule has 2 heterocycles. The summed E-state index contributed by atoms with van der Waals surface area (Å²) in [5.41, 5.74) is 1.12. The SMILES string of the molecule is Cc1nc(CCCC(=O)N2C[C@H](C)N[C@@H](C)C2)cs1. The van der Waals surface area contributed by atoms with Gasteiger partial charge in [-0.15, -0.1) is 11.3 Å². The molecule has 0 spiro atoms. The Kier molecular flexibility index (Phi) is 4.93. The fourth-order valence-electron chi connectivity index (χ4n) is 2.63. The van der Waals surface area contributed by atoms with Crippen LogP contribution in [0, 0.1) is 6.92 Å². The van der Waals surface area contributed by atoms with Gasteiger partial charge in [0.05, 0.1) is 10.7 Å². The molecule has 1 saturated heterocycles. The van der Waals surface area contributed by atoms with Gasteiger partial charge in [-0.25, -0.2) is 4.98 Å². The van der Waals surface area contributed by atoms with Crippen molar-refractivity contribution in [3.05, 3.63) is 16.1 Å². The second-order valence-corrected chi connectivity index (χ2v) is 6.54. The standard InChI is InChI=1S/C14H23N3OS/c1-10-7-17(8-11(2)15-10)14(18)6-4-5-13-9-19-12(3)16-13/h9-11,15H,4-8H2,1-3H3/t10-,11-/m0/s1. The van der Waals surface area contributed by atoms with Gasteiger partial charge in [0.25, 0.3) is 0 Å². The lowest BCUT2D eigenvalue weighted by molar-refractivity contribution is -0.133. The normalized spacial score (nSPS) is 23.6. The number of hydrogen-bond acceptors (Lipinski definition) is 4. The van der Waals surface area contributed by atoms with E-state index < -0.39 is 0 Å². The van der Waals surface area contributed by atoms with Crippen molar-refractivity contribution in [2.24, 2.45) is 0 Å². The van der Waals surface area contributed by atoms with Crippen LogP contribution in [-0.4, -0.2) is 41.0 Å². The number of thiazole rings is 1. The van der Waals surface area contributed by atoms with Crippen molar-refractivity contribution in [2.45, 2.75) is 52.1 Å². The van der Waals surface area contributed by atoms with Crippen LogP contribution in [0.3, 0.4) is 0 Å². The zero-order valence-electron chi connectivity index (χ0n) is 12.0. The molecule has 19 heavy (non-hydrogen) atoms. The summed E-state index contributed by atoms with van der Waals surface area (Å²) in [7, 11) is 0. The molecule has 0 radical (unpaired) electrons. The van der Waals surface area contributed by atoms with Crippen molar-refractivity contribution >= 4 is 17.2 Å². The van der Waals surface area contributed by atoms with E-state index in [9.17, 15) is 4.79 Å². The summed E-state index contributed by atoms with van der Waals surface area (Å²) in [6, 6.07) is 0.794. The first kappa shape index (κ1) is 14.5. The Balaban J connectivity index is 1.74. The van der Waals surface area contributed by atoms with Crippen LogP contribution in [-0.2, 0) is 11.2 Å². The molecule has 1 aliphatic rings. The maximum Gasteiger partial charge on any atom is 0.222 e. The van der Waals surface area contributed by atoms with Crippen LogP contribution in [0.5, 0.6) is 0 Å². The predicted octanol–water partition coefficient (Wildman–Crippen LogP) is 1.98. The van der Waals surface area contributed by atoms with E-state index in [0.717, 1.165) is 36.6 Å². The Bertz CT molecular complexity index is 422. The van der Waals surface area contributed by atoms with Gasteiger partial charge >= 0.3 is 0 Å². The number of nitrogens with one attached hydrogen (secondary N) is 1. The fraction of sp³-hybridized carbons (Fsp3) is 0.714. The molecule has 1 amide bonds. The maximum atomic E-state index is 12.2. The molecule has 5 heteroatoms. The van der Waals surface area contributed by atoms with Crippen molar-refractivity contribution in [1.29, 1.82) is 0 Å². The van der Waals surface area contributed by atoms with Crippen LogP contribution in [0.25, 0.3) is 0 Å². The lowest BCUT2D eigenvalue weighted by atomic mass is 10.1. The van der Waals surface area contributed by atoms with Crippen molar-refractivity contribution in [3.63, 3.8) is 0 Å². The second kappa shape index (κ2) is 6.48. The zero-order chi connectivity index (χ0) is 13.8. The van der Waals surface area contributed by atoms with Crippen molar-refractivity contribution in [2.75, 3.05) is 13.1 Å². The first-order valence-corrected chi connectivity index (χ1v) is 7.87. The lowest BCUT2D eigenvalue weighted by Crippen LogP contribution is -2.55. The maximum absolute atomic E-state index is 12.2. The fourth-order valence-corrected chi connectivity index (χ4v) is 3.28. The molecular formula is C14H23N3OS. The van der Waals surface area contributed by atoms with Gasteiger partial charge in [0.1, 0.15) is 0 Å². The van der Waals surface area contributed by atoms with Gasteiger partial charge in [-0.3, -0.25) is 4.79 Å². The summed E-state index contributed by atoms with van der Waals surface area (Å²) in [5, 5.41) is 6.64. The van der Waals surface area contributed by atoms with Crippen LogP contribution in [0.1, 0.15) is 37.4 Å². The molecule has 106 valence electrons. The second-order valence-electron chi connectivity index (χ2n) is 5.48. The van der Waals surface area contributed by atoms with Crippen LogP contribution >= 0.6 is 11.3 Å². The highest BCUT2D eigenvalue weighted by atomic mass is 32.1. The molecule has 0 bridgehead atoms. The summed E-state index contributed by atoms with van der Waals surface area (Å²) in [4.78, 5) is 18.6. The Morgan fingerprint density at radius 1 is 1.47 bits per heavy atom. The summed E-state index contributed by atoms with van der Waals surface area (Å²) in [6.45, 7) is 7.95. The molecular weight excluding hydrogens is 258 g/mol. The predicted molar refractivity (Wildman–Crippen MR) is 78.4 cm³/mol. The highest BCUT2D eigenvalue weighted by Crippen LogP contribution is 2.12. The smallest absolute Gasteiger partial charge is 0.222 e. The number of aryl methyl sites for hydroxylation is 2. The van der Waals surface area contributed by atoms with E-state index in [1.807, 2.05) is 11.8 Å². The quantitative estimate of drug-likeness (QED) is 0.918. The molecule has 0 aromatic carbocycles. The zero-order valence-corrected chi connectivity index (χ0v) is 12.8. The van der Waals surface area contributed by atoms with Crippen LogP contribution < -0.4 is 5.32 Å². The first-order valence-electron chi connectivity index (χ1n) is 6.99. The highest BCUT2D eigenvalue weighted by Gasteiger charge is 2.24. The summed E-state index contributed by atoms with van der Waals surface area (Å²) >= 11 is 1.68. The van der Waals surface area contributed by atoms with E-state index in [1.54, 1.807) is 11.3 Å². The number of hydrogen-bond donors (Lipinski definition) is 1. The van der Waals surface area contributed by atoms with Gasteiger partial charge in [0, 0.05) is 37.0 Å². The van der Waals surface area contributed by atoms with Gasteiger partial charge in [0.15, 0.2) is 0 Å². The Labute approximate surface area is 119 Å². The van der Waals surface area contributed by atoms with Crippen LogP contribution in [0.15, 0.2) is 5.38 Å². The topological polar surface area (TPSA) is 45.2 Å². The van der Waals surface area contributed by atoms with Gasteiger partial charge in [-0.2, -0.15) is 0 Å². The van der Waals surface area contributed by atoms with E-state index in [1.165, 1.54) is 0 Å².